The number of carbonyl (C=O) groups is 1. The van der Waals surface area contributed by atoms with Crippen LogP contribution in [0.25, 0.3) is 0 Å². The van der Waals surface area contributed by atoms with Crippen LogP contribution in [0.1, 0.15) is 21.7 Å². The van der Waals surface area contributed by atoms with E-state index in [1.807, 2.05) is 6.92 Å². The fourth-order valence-electron chi connectivity index (χ4n) is 1.28. The molecule has 1 aromatic heterocycles. The Morgan fingerprint density at radius 1 is 1.19 bits per heavy atom. The third kappa shape index (κ3) is 1.95. The van der Waals surface area contributed by atoms with E-state index in [1.54, 1.807) is 6.07 Å². The molecular weight excluding hydrogens is 207 g/mol. The molecule has 0 unspecified atom stereocenters. The van der Waals surface area contributed by atoms with Crippen LogP contribution < -0.4 is 0 Å². The van der Waals surface area contributed by atoms with Crippen molar-refractivity contribution in [3.8, 4) is 0 Å². The molecular formula is C12H9FN2O. The summed E-state index contributed by atoms with van der Waals surface area (Å²) in [7, 11) is 0. The van der Waals surface area contributed by atoms with E-state index >= 15 is 0 Å². The monoisotopic (exact) mass is 216 g/mol. The van der Waals surface area contributed by atoms with E-state index in [0.717, 1.165) is 5.56 Å². The lowest BCUT2D eigenvalue weighted by atomic mass is 10.1. The maximum Gasteiger partial charge on any atom is 0.233 e. The van der Waals surface area contributed by atoms with Gasteiger partial charge in [-0.2, -0.15) is 0 Å². The van der Waals surface area contributed by atoms with Crippen LogP contribution in [-0.4, -0.2) is 15.8 Å². The van der Waals surface area contributed by atoms with Crippen molar-refractivity contribution < 1.29 is 9.18 Å². The molecule has 0 aliphatic carbocycles. The lowest BCUT2D eigenvalue weighted by Gasteiger charge is -2.00. The number of hydrogen-bond acceptors (Lipinski definition) is 3. The highest BCUT2D eigenvalue weighted by Gasteiger charge is 2.15. The maximum absolute atomic E-state index is 13.3. The Balaban J connectivity index is 2.40. The van der Waals surface area contributed by atoms with Crippen LogP contribution in [-0.2, 0) is 0 Å². The summed E-state index contributed by atoms with van der Waals surface area (Å²) in [5, 5.41) is 0. The highest BCUT2D eigenvalue weighted by atomic mass is 19.1. The highest BCUT2D eigenvalue weighted by molar-refractivity contribution is 6.06. The molecule has 0 aliphatic heterocycles. The maximum atomic E-state index is 13.3. The quantitative estimate of drug-likeness (QED) is 0.722. The minimum Gasteiger partial charge on any atom is -0.285 e. The lowest BCUT2D eigenvalue weighted by molar-refractivity contribution is 0.102. The summed E-state index contributed by atoms with van der Waals surface area (Å²) < 4.78 is 13.3. The van der Waals surface area contributed by atoms with Crippen LogP contribution >= 0.6 is 0 Å². The van der Waals surface area contributed by atoms with E-state index in [2.05, 4.69) is 9.97 Å². The first-order valence-corrected chi connectivity index (χ1v) is 4.76. The van der Waals surface area contributed by atoms with E-state index in [-0.39, 0.29) is 11.4 Å². The molecule has 2 rings (SSSR count). The fourth-order valence-corrected chi connectivity index (χ4v) is 1.28. The standard InChI is InChI=1S/C12H9FN2O/c1-8-6-14-12(15-7-8)11(16)9-4-2-3-5-10(9)13/h2-7H,1H3. The van der Waals surface area contributed by atoms with Gasteiger partial charge in [0.15, 0.2) is 0 Å². The van der Waals surface area contributed by atoms with Gasteiger partial charge in [0.1, 0.15) is 5.82 Å². The largest absolute Gasteiger partial charge is 0.285 e. The normalized spacial score (nSPS) is 10.1. The van der Waals surface area contributed by atoms with Gasteiger partial charge in [-0.15, -0.1) is 0 Å². The van der Waals surface area contributed by atoms with Gasteiger partial charge >= 0.3 is 0 Å². The average molecular weight is 216 g/mol. The second kappa shape index (κ2) is 4.18. The van der Waals surface area contributed by atoms with Gasteiger partial charge in [0.05, 0.1) is 5.56 Å². The van der Waals surface area contributed by atoms with Crippen LogP contribution in [0.3, 0.4) is 0 Å². The van der Waals surface area contributed by atoms with E-state index < -0.39 is 11.6 Å². The zero-order chi connectivity index (χ0) is 11.5. The van der Waals surface area contributed by atoms with Crippen molar-refractivity contribution in [2.45, 2.75) is 6.92 Å². The van der Waals surface area contributed by atoms with Crippen LogP contribution in [0.5, 0.6) is 0 Å². The van der Waals surface area contributed by atoms with Gasteiger partial charge < -0.3 is 0 Å². The van der Waals surface area contributed by atoms with E-state index in [1.165, 1.54) is 30.6 Å². The Hall–Kier alpha value is -2.10. The van der Waals surface area contributed by atoms with Crippen molar-refractivity contribution >= 4 is 5.78 Å². The summed E-state index contributed by atoms with van der Waals surface area (Å²) >= 11 is 0. The zero-order valence-corrected chi connectivity index (χ0v) is 8.64. The van der Waals surface area contributed by atoms with Crippen molar-refractivity contribution in [2.75, 3.05) is 0 Å². The van der Waals surface area contributed by atoms with Gasteiger partial charge in [0, 0.05) is 12.4 Å². The van der Waals surface area contributed by atoms with Crippen LogP contribution in [0.15, 0.2) is 36.7 Å². The summed E-state index contributed by atoms with van der Waals surface area (Å²) in [4.78, 5) is 19.6. The van der Waals surface area contributed by atoms with Crippen LogP contribution in [0, 0.1) is 12.7 Å². The number of rotatable bonds is 2. The summed E-state index contributed by atoms with van der Waals surface area (Å²) in [6.07, 6.45) is 3.06. The van der Waals surface area contributed by atoms with E-state index in [9.17, 15) is 9.18 Å². The Morgan fingerprint density at radius 3 is 2.44 bits per heavy atom. The third-order valence-electron chi connectivity index (χ3n) is 2.10. The van der Waals surface area contributed by atoms with Gasteiger partial charge in [-0.25, -0.2) is 14.4 Å². The number of halogens is 1. The third-order valence-corrected chi connectivity index (χ3v) is 2.10. The Bertz CT molecular complexity index is 523. The molecule has 0 aliphatic rings. The summed E-state index contributed by atoms with van der Waals surface area (Å²) in [6.45, 7) is 1.82. The Labute approximate surface area is 92.0 Å². The molecule has 0 amide bonds. The molecule has 0 fully saturated rings. The number of hydrogen-bond donors (Lipinski definition) is 0. The summed E-state index contributed by atoms with van der Waals surface area (Å²) in [6, 6.07) is 5.79. The predicted octanol–water partition coefficient (Wildman–Crippen LogP) is 2.16. The van der Waals surface area contributed by atoms with Crippen molar-refractivity contribution in [1.29, 1.82) is 0 Å². The first-order chi connectivity index (χ1) is 7.68. The van der Waals surface area contributed by atoms with Gasteiger partial charge in [-0.1, -0.05) is 12.1 Å². The molecule has 16 heavy (non-hydrogen) atoms. The van der Waals surface area contributed by atoms with Crippen molar-refractivity contribution in [2.24, 2.45) is 0 Å². The topological polar surface area (TPSA) is 42.9 Å². The number of aryl methyl sites for hydroxylation is 1. The molecule has 0 atom stereocenters. The van der Waals surface area contributed by atoms with Crippen molar-refractivity contribution in [3.05, 3.63) is 59.4 Å². The molecule has 0 radical (unpaired) electrons. The van der Waals surface area contributed by atoms with Crippen LogP contribution in [0.4, 0.5) is 4.39 Å². The molecule has 2 aromatic rings. The van der Waals surface area contributed by atoms with Gasteiger partial charge in [-0.3, -0.25) is 4.79 Å². The molecule has 0 bridgehead atoms. The molecule has 1 heterocycles. The molecule has 0 N–H and O–H groups in total. The molecule has 80 valence electrons. The Morgan fingerprint density at radius 2 is 1.81 bits per heavy atom. The van der Waals surface area contributed by atoms with E-state index in [4.69, 9.17) is 0 Å². The number of aromatic nitrogens is 2. The molecule has 3 nitrogen and oxygen atoms in total. The fraction of sp³-hybridized carbons (Fsp3) is 0.0833. The Kier molecular flexibility index (Phi) is 2.72. The first-order valence-electron chi connectivity index (χ1n) is 4.76. The van der Waals surface area contributed by atoms with Gasteiger partial charge in [0.2, 0.25) is 11.6 Å². The second-order valence-electron chi connectivity index (χ2n) is 3.39. The smallest absolute Gasteiger partial charge is 0.233 e. The number of ketones is 1. The highest BCUT2D eigenvalue weighted by Crippen LogP contribution is 2.10. The molecule has 0 saturated heterocycles. The molecule has 1 aromatic carbocycles. The van der Waals surface area contributed by atoms with Gasteiger partial charge in [0.25, 0.3) is 0 Å². The van der Waals surface area contributed by atoms with Crippen LogP contribution in [0.2, 0.25) is 0 Å². The minimum absolute atomic E-state index is 0.00801. The molecule has 0 spiro atoms. The van der Waals surface area contributed by atoms with Crippen molar-refractivity contribution in [3.63, 3.8) is 0 Å². The minimum atomic E-state index is -0.559. The summed E-state index contributed by atoms with van der Waals surface area (Å²) in [5.74, 6) is -1.05. The predicted molar refractivity (Wildman–Crippen MR) is 56.6 cm³/mol. The molecule has 0 saturated carbocycles. The first kappa shape index (κ1) is 10.4. The van der Waals surface area contributed by atoms with E-state index in [0.29, 0.717) is 0 Å². The van der Waals surface area contributed by atoms with Crippen molar-refractivity contribution in [1.82, 2.24) is 9.97 Å². The number of benzene rings is 1. The lowest BCUT2D eigenvalue weighted by Crippen LogP contribution is -2.08. The zero-order valence-electron chi connectivity index (χ0n) is 8.64. The molecule has 4 heteroatoms. The van der Waals surface area contributed by atoms with Gasteiger partial charge in [-0.05, 0) is 24.6 Å². The summed E-state index contributed by atoms with van der Waals surface area (Å²) in [5.41, 5.74) is 0.844. The second-order valence-corrected chi connectivity index (χ2v) is 3.39. The average Bonchev–Trinajstić information content (AvgIpc) is 2.30. The number of carbonyl (C=O) groups excluding carboxylic acids is 1. The SMILES string of the molecule is Cc1cnc(C(=O)c2ccccc2F)nc1. The number of nitrogens with zero attached hydrogens (tertiary/aromatic N) is 2.